The molecule has 0 aromatic heterocycles. The Bertz CT molecular complexity index is 91.7. The highest BCUT2D eigenvalue weighted by atomic mass is 32.1. The average Bonchev–Trinajstić information content (AvgIpc) is 1.91. The molecule has 3 heteroatoms. The lowest BCUT2D eigenvalue weighted by Gasteiger charge is -1.94. The molecule has 1 atom stereocenters. The smallest absolute Gasteiger partial charge is 0.0883 e. The zero-order valence-electron chi connectivity index (χ0n) is 3.85. The van der Waals surface area contributed by atoms with Crippen molar-refractivity contribution >= 4 is 29.8 Å². The van der Waals surface area contributed by atoms with Gasteiger partial charge >= 0.3 is 0 Å². The molecule has 0 amide bonds. The molecule has 1 rings (SSSR count). The third kappa shape index (κ3) is 1.07. The summed E-state index contributed by atoms with van der Waals surface area (Å²) in [4.78, 5) is 0.906. The Morgan fingerprint density at radius 2 is 2.57 bits per heavy atom. The van der Waals surface area contributed by atoms with E-state index < -0.39 is 0 Å². The van der Waals surface area contributed by atoms with Crippen LogP contribution in [0, 0.1) is 0 Å². The van der Waals surface area contributed by atoms with E-state index in [2.05, 4.69) is 17.9 Å². The Balaban J connectivity index is 2.48. The number of thiol groups is 1. The molecule has 0 bridgehead atoms. The summed E-state index contributed by atoms with van der Waals surface area (Å²) in [6, 6.07) is 0. The van der Waals surface area contributed by atoms with Crippen molar-refractivity contribution in [2.24, 2.45) is 0 Å². The summed E-state index contributed by atoms with van der Waals surface area (Å²) in [5, 5.41) is 3.35. The molecular formula is C4H7NS2. The summed E-state index contributed by atoms with van der Waals surface area (Å²) in [7, 11) is 0. The lowest BCUT2D eigenvalue weighted by atomic mass is 10.4. The van der Waals surface area contributed by atoms with Gasteiger partial charge in [0.2, 0.25) is 0 Å². The lowest BCUT2D eigenvalue weighted by molar-refractivity contribution is 0.921. The van der Waals surface area contributed by atoms with E-state index in [0.717, 1.165) is 18.0 Å². The van der Waals surface area contributed by atoms with Gasteiger partial charge in [-0.15, -0.1) is 0 Å². The molecule has 0 unspecified atom stereocenters. The van der Waals surface area contributed by atoms with Crippen molar-refractivity contribution < 1.29 is 0 Å². The number of rotatable bonds is 0. The second kappa shape index (κ2) is 2.01. The van der Waals surface area contributed by atoms with Crippen LogP contribution in [0.3, 0.4) is 0 Å². The van der Waals surface area contributed by atoms with Crippen molar-refractivity contribution in [2.45, 2.75) is 11.7 Å². The van der Waals surface area contributed by atoms with Crippen LogP contribution < -0.4 is 5.32 Å². The molecule has 0 aliphatic carbocycles. The molecule has 1 N–H and O–H groups in total. The highest BCUT2D eigenvalue weighted by Crippen LogP contribution is 2.07. The van der Waals surface area contributed by atoms with Crippen LogP contribution in [0.1, 0.15) is 6.42 Å². The maximum Gasteiger partial charge on any atom is 0.0883 e. The second-order valence-electron chi connectivity index (χ2n) is 1.60. The summed E-state index contributed by atoms with van der Waals surface area (Å²) < 4.78 is 0. The SMILES string of the molecule is S=C1NCC[C@H]1S. The molecule has 1 aliphatic heterocycles. The minimum absolute atomic E-state index is 0.329. The topological polar surface area (TPSA) is 12.0 Å². The molecule has 1 heterocycles. The summed E-state index contributed by atoms with van der Waals surface area (Å²) in [6.07, 6.45) is 1.09. The number of hydrogen-bond acceptors (Lipinski definition) is 2. The van der Waals surface area contributed by atoms with Crippen molar-refractivity contribution in [2.75, 3.05) is 6.54 Å². The van der Waals surface area contributed by atoms with Crippen LogP contribution in [0.5, 0.6) is 0 Å². The summed E-state index contributed by atoms with van der Waals surface area (Å²) >= 11 is 9.04. The maximum absolute atomic E-state index is 4.85. The van der Waals surface area contributed by atoms with Crippen molar-refractivity contribution in [3.05, 3.63) is 0 Å². The summed E-state index contributed by atoms with van der Waals surface area (Å²) in [5.41, 5.74) is 0. The predicted molar refractivity (Wildman–Crippen MR) is 38.0 cm³/mol. The first-order valence-electron chi connectivity index (χ1n) is 2.26. The van der Waals surface area contributed by atoms with Crippen LogP contribution in [0.25, 0.3) is 0 Å². The predicted octanol–water partition coefficient (Wildman–Crippen LogP) is 0.605. The van der Waals surface area contributed by atoms with Crippen LogP contribution in [-0.4, -0.2) is 16.8 Å². The first-order chi connectivity index (χ1) is 3.30. The molecule has 1 fully saturated rings. The zero-order chi connectivity index (χ0) is 5.28. The fourth-order valence-corrected chi connectivity index (χ4v) is 1.02. The van der Waals surface area contributed by atoms with Gasteiger partial charge in [-0.2, -0.15) is 12.6 Å². The van der Waals surface area contributed by atoms with Gasteiger partial charge in [0.05, 0.1) is 10.2 Å². The van der Waals surface area contributed by atoms with E-state index in [1.165, 1.54) is 0 Å². The Morgan fingerprint density at radius 1 is 1.86 bits per heavy atom. The van der Waals surface area contributed by atoms with Crippen LogP contribution in [-0.2, 0) is 0 Å². The molecule has 7 heavy (non-hydrogen) atoms. The van der Waals surface area contributed by atoms with Crippen LogP contribution >= 0.6 is 24.8 Å². The number of nitrogens with one attached hydrogen (secondary N) is 1. The third-order valence-electron chi connectivity index (χ3n) is 1.02. The van der Waals surface area contributed by atoms with Gasteiger partial charge in [-0.25, -0.2) is 0 Å². The van der Waals surface area contributed by atoms with E-state index in [1.54, 1.807) is 0 Å². The van der Waals surface area contributed by atoms with Gasteiger partial charge in [0.15, 0.2) is 0 Å². The minimum Gasteiger partial charge on any atom is -0.379 e. The van der Waals surface area contributed by atoms with Crippen LogP contribution in [0.2, 0.25) is 0 Å². The standard InChI is InChI=1S/C4H7NS2/c6-3-1-2-5-4(3)7/h3,6H,1-2H2,(H,5,7)/t3-/m1/s1. The van der Waals surface area contributed by atoms with Crippen molar-refractivity contribution in [3.63, 3.8) is 0 Å². The lowest BCUT2D eigenvalue weighted by Crippen LogP contribution is -2.16. The van der Waals surface area contributed by atoms with Gasteiger partial charge in [-0.1, -0.05) is 12.2 Å². The van der Waals surface area contributed by atoms with Gasteiger partial charge in [0, 0.05) is 6.54 Å². The second-order valence-corrected chi connectivity index (χ2v) is 2.66. The highest BCUT2D eigenvalue weighted by Gasteiger charge is 2.14. The Hall–Kier alpha value is 0.240. The van der Waals surface area contributed by atoms with Crippen molar-refractivity contribution in [3.8, 4) is 0 Å². The van der Waals surface area contributed by atoms with Gasteiger partial charge in [-0.3, -0.25) is 0 Å². The normalized spacial score (nSPS) is 30.4. The van der Waals surface area contributed by atoms with Gasteiger partial charge in [0.1, 0.15) is 0 Å². The fourth-order valence-electron chi connectivity index (χ4n) is 0.581. The molecule has 1 nitrogen and oxygen atoms in total. The molecule has 1 saturated heterocycles. The van der Waals surface area contributed by atoms with Crippen molar-refractivity contribution in [1.29, 1.82) is 0 Å². The minimum atomic E-state index is 0.329. The van der Waals surface area contributed by atoms with E-state index in [9.17, 15) is 0 Å². The highest BCUT2D eigenvalue weighted by molar-refractivity contribution is 7.86. The first-order valence-corrected chi connectivity index (χ1v) is 3.19. The van der Waals surface area contributed by atoms with Crippen LogP contribution in [0.15, 0.2) is 0 Å². The van der Waals surface area contributed by atoms with E-state index in [-0.39, 0.29) is 0 Å². The monoisotopic (exact) mass is 133 g/mol. The van der Waals surface area contributed by atoms with Crippen molar-refractivity contribution in [1.82, 2.24) is 5.32 Å². The molecule has 1 aliphatic rings. The molecule has 0 aromatic carbocycles. The summed E-state index contributed by atoms with van der Waals surface area (Å²) in [6.45, 7) is 1.01. The van der Waals surface area contributed by atoms with Gasteiger partial charge in [-0.05, 0) is 6.42 Å². The largest absolute Gasteiger partial charge is 0.379 e. The maximum atomic E-state index is 4.85. The first kappa shape index (κ1) is 5.38. The van der Waals surface area contributed by atoms with Crippen LogP contribution in [0.4, 0.5) is 0 Å². The number of hydrogen-bond donors (Lipinski definition) is 2. The molecular weight excluding hydrogens is 126 g/mol. The Morgan fingerprint density at radius 3 is 2.71 bits per heavy atom. The molecule has 0 spiro atoms. The van der Waals surface area contributed by atoms with E-state index in [4.69, 9.17) is 12.2 Å². The average molecular weight is 133 g/mol. The Kier molecular flexibility index (Phi) is 1.54. The molecule has 0 saturated carbocycles. The van der Waals surface area contributed by atoms with Gasteiger partial charge in [0.25, 0.3) is 0 Å². The quantitative estimate of drug-likeness (QED) is 0.371. The van der Waals surface area contributed by atoms with Gasteiger partial charge < -0.3 is 5.32 Å². The Labute approximate surface area is 53.9 Å². The zero-order valence-corrected chi connectivity index (χ0v) is 5.56. The summed E-state index contributed by atoms with van der Waals surface area (Å²) in [5.74, 6) is 0. The molecule has 40 valence electrons. The fraction of sp³-hybridized carbons (Fsp3) is 0.750. The third-order valence-corrected chi connectivity index (χ3v) is 2.14. The van der Waals surface area contributed by atoms with E-state index in [0.29, 0.717) is 5.25 Å². The molecule has 0 radical (unpaired) electrons. The van der Waals surface area contributed by atoms with E-state index in [1.807, 2.05) is 0 Å². The molecule has 0 aromatic rings. The van der Waals surface area contributed by atoms with E-state index >= 15 is 0 Å². The number of thiocarbonyl (C=S) groups is 1.